The van der Waals surface area contributed by atoms with Gasteiger partial charge >= 0.3 is 0 Å². The highest BCUT2D eigenvalue weighted by Crippen LogP contribution is 2.32. The second-order valence-electron chi connectivity index (χ2n) is 4.88. The van der Waals surface area contributed by atoms with E-state index < -0.39 is 0 Å². The molecule has 3 rings (SSSR count). The molecular formula is C17H14N2O3. The molecule has 2 aromatic rings. The van der Waals surface area contributed by atoms with Gasteiger partial charge in [-0.15, -0.1) is 0 Å². The fourth-order valence-electron chi connectivity index (χ4n) is 2.22. The molecule has 1 aliphatic heterocycles. The maximum atomic E-state index is 12.0. The lowest BCUT2D eigenvalue weighted by molar-refractivity contribution is 0.0954. The van der Waals surface area contributed by atoms with Crippen LogP contribution in [0.4, 0.5) is 0 Å². The minimum atomic E-state index is -0.148. The lowest BCUT2D eigenvalue weighted by atomic mass is 10.1. The SMILES string of the molecule is N#Cc1ccc(C(=O)NCCc2ccc3c(c2)OCO3)cc1. The van der Waals surface area contributed by atoms with Crippen LogP contribution < -0.4 is 14.8 Å². The Morgan fingerprint density at radius 1 is 1.14 bits per heavy atom. The van der Waals surface area contributed by atoms with Gasteiger partial charge in [-0.1, -0.05) is 6.07 Å². The van der Waals surface area contributed by atoms with Gasteiger partial charge in [0.25, 0.3) is 5.91 Å². The third kappa shape index (κ3) is 3.01. The molecule has 0 aliphatic carbocycles. The summed E-state index contributed by atoms with van der Waals surface area (Å²) in [5.74, 6) is 1.35. The van der Waals surface area contributed by atoms with E-state index in [1.807, 2.05) is 24.3 Å². The molecule has 2 aromatic carbocycles. The summed E-state index contributed by atoms with van der Waals surface area (Å²) in [7, 11) is 0. The van der Waals surface area contributed by atoms with Crippen molar-refractivity contribution < 1.29 is 14.3 Å². The van der Waals surface area contributed by atoms with Gasteiger partial charge in [0, 0.05) is 12.1 Å². The summed E-state index contributed by atoms with van der Waals surface area (Å²) in [6.07, 6.45) is 0.707. The van der Waals surface area contributed by atoms with Crippen molar-refractivity contribution in [3.05, 3.63) is 59.2 Å². The summed E-state index contributed by atoms with van der Waals surface area (Å²) in [5, 5.41) is 11.6. The van der Waals surface area contributed by atoms with Crippen molar-refractivity contribution >= 4 is 5.91 Å². The summed E-state index contributed by atoms with van der Waals surface area (Å²) in [6.45, 7) is 0.784. The van der Waals surface area contributed by atoms with E-state index in [1.165, 1.54) is 0 Å². The Morgan fingerprint density at radius 3 is 2.68 bits per heavy atom. The average Bonchev–Trinajstić information content (AvgIpc) is 3.02. The number of fused-ring (bicyclic) bond motifs is 1. The van der Waals surface area contributed by atoms with Crippen molar-refractivity contribution in [3.8, 4) is 17.6 Å². The molecule has 0 atom stereocenters. The first-order valence-corrected chi connectivity index (χ1v) is 6.93. The summed E-state index contributed by atoms with van der Waals surface area (Å²) >= 11 is 0. The van der Waals surface area contributed by atoms with E-state index in [1.54, 1.807) is 24.3 Å². The molecule has 0 bridgehead atoms. The zero-order valence-corrected chi connectivity index (χ0v) is 11.8. The van der Waals surface area contributed by atoms with E-state index in [4.69, 9.17) is 14.7 Å². The minimum Gasteiger partial charge on any atom is -0.454 e. The second kappa shape index (κ2) is 6.19. The van der Waals surface area contributed by atoms with E-state index in [0.29, 0.717) is 24.1 Å². The van der Waals surface area contributed by atoms with Crippen molar-refractivity contribution in [2.45, 2.75) is 6.42 Å². The van der Waals surface area contributed by atoms with Crippen molar-refractivity contribution in [2.75, 3.05) is 13.3 Å². The number of rotatable bonds is 4. The van der Waals surface area contributed by atoms with Gasteiger partial charge in [0.05, 0.1) is 11.6 Å². The minimum absolute atomic E-state index is 0.148. The van der Waals surface area contributed by atoms with E-state index in [0.717, 1.165) is 17.1 Å². The van der Waals surface area contributed by atoms with E-state index >= 15 is 0 Å². The fourth-order valence-corrected chi connectivity index (χ4v) is 2.22. The number of hydrogen-bond donors (Lipinski definition) is 1. The van der Waals surface area contributed by atoms with Crippen LogP contribution in [0.25, 0.3) is 0 Å². The maximum absolute atomic E-state index is 12.0. The van der Waals surface area contributed by atoms with Crippen LogP contribution in [0.1, 0.15) is 21.5 Å². The lowest BCUT2D eigenvalue weighted by Gasteiger charge is -2.06. The summed E-state index contributed by atoms with van der Waals surface area (Å²) in [5.41, 5.74) is 2.16. The van der Waals surface area contributed by atoms with E-state index in [9.17, 15) is 4.79 Å². The summed E-state index contributed by atoms with van der Waals surface area (Å²) < 4.78 is 10.6. The number of benzene rings is 2. The quantitative estimate of drug-likeness (QED) is 0.939. The van der Waals surface area contributed by atoms with Gasteiger partial charge in [-0.25, -0.2) is 0 Å². The summed E-state index contributed by atoms with van der Waals surface area (Å²) in [4.78, 5) is 12.0. The highest BCUT2D eigenvalue weighted by molar-refractivity contribution is 5.94. The van der Waals surface area contributed by atoms with Gasteiger partial charge in [-0.2, -0.15) is 5.26 Å². The zero-order valence-electron chi connectivity index (χ0n) is 11.8. The number of nitrogens with one attached hydrogen (secondary N) is 1. The third-order valence-corrected chi connectivity index (χ3v) is 3.41. The lowest BCUT2D eigenvalue weighted by Crippen LogP contribution is -2.25. The first-order valence-electron chi connectivity index (χ1n) is 6.93. The molecule has 0 saturated heterocycles. The van der Waals surface area contributed by atoms with Crippen molar-refractivity contribution in [3.63, 3.8) is 0 Å². The normalized spacial score (nSPS) is 11.8. The fraction of sp³-hybridized carbons (Fsp3) is 0.176. The number of nitriles is 1. The molecule has 1 N–H and O–H groups in total. The first-order chi connectivity index (χ1) is 10.8. The topological polar surface area (TPSA) is 71.4 Å². The number of carbonyl (C=O) groups excluding carboxylic acids is 1. The Labute approximate surface area is 128 Å². The van der Waals surface area contributed by atoms with Crippen LogP contribution in [-0.4, -0.2) is 19.2 Å². The highest BCUT2D eigenvalue weighted by Gasteiger charge is 2.13. The predicted molar refractivity (Wildman–Crippen MR) is 79.8 cm³/mol. The molecule has 0 spiro atoms. The highest BCUT2D eigenvalue weighted by atomic mass is 16.7. The van der Waals surface area contributed by atoms with Gasteiger partial charge in [-0.3, -0.25) is 4.79 Å². The van der Waals surface area contributed by atoms with Crippen LogP contribution >= 0.6 is 0 Å². The van der Waals surface area contributed by atoms with Crippen LogP contribution in [0.5, 0.6) is 11.5 Å². The zero-order chi connectivity index (χ0) is 15.4. The van der Waals surface area contributed by atoms with Gasteiger partial charge in [0.1, 0.15) is 0 Å². The van der Waals surface area contributed by atoms with Crippen molar-refractivity contribution in [1.29, 1.82) is 5.26 Å². The van der Waals surface area contributed by atoms with Gasteiger partial charge < -0.3 is 14.8 Å². The molecule has 110 valence electrons. The second-order valence-corrected chi connectivity index (χ2v) is 4.88. The number of hydrogen-bond acceptors (Lipinski definition) is 4. The Balaban J connectivity index is 1.54. The molecule has 5 heteroatoms. The molecule has 0 unspecified atom stereocenters. The molecular weight excluding hydrogens is 280 g/mol. The predicted octanol–water partition coefficient (Wildman–Crippen LogP) is 2.26. The molecule has 0 radical (unpaired) electrons. The van der Waals surface area contributed by atoms with Crippen LogP contribution in [0, 0.1) is 11.3 Å². The Morgan fingerprint density at radius 2 is 1.91 bits per heavy atom. The molecule has 1 aliphatic rings. The maximum Gasteiger partial charge on any atom is 0.251 e. The Hall–Kier alpha value is -3.00. The van der Waals surface area contributed by atoms with Gasteiger partial charge in [0.15, 0.2) is 11.5 Å². The first kappa shape index (κ1) is 14.0. The molecule has 0 saturated carbocycles. The summed E-state index contributed by atoms with van der Waals surface area (Å²) in [6, 6.07) is 14.3. The number of nitrogens with zero attached hydrogens (tertiary/aromatic N) is 1. The molecule has 5 nitrogen and oxygen atoms in total. The van der Waals surface area contributed by atoms with Crippen LogP contribution in [0.15, 0.2) is 42.5 Å². The van der Waals surface area contributed by atoms with Crippen LogP contribution in [0.2, 0.25) is 0 Å². The largest absolute Gasteiger partial charge is 0.454 e. The monoisotopic (exact) mass is 294 g/mol. The average molecular weight is 294 g/mol. The van der Waals surface area contributed by atoms with E-state index in [-0.39, 0.29) is 12.7 Å². The Bertz CT molecular complexity index is 733. The van der Waals surface area contributed by atoms with Crippen molar-refractivity contribution in [1.82, 2.24) is 5.32 Å². The number of ether oxygens (including phenoxy) is 2. The molecule has 1 amide bonds. The molecule has 22 heavy (non-hydrogen) atoms. The smallest absolute Gasteiger partial charge is 0.251 e. The van der Waals surface area contributed by atoms with Gasteiger partial charge in [-0.05, 0) is 48.4 Å². The van der Waals surface area contributed by atoms with Gasteiger partial charge in [0.2, 0.25) is 6.79 Å². The van der Waals surface area contributed by atoms with E-state index in [2.05, 4.69) is 5.32 Å². The number of amides is 1. The Kier molecular flexibility index (Phi) is 3.92. The molecule has 1 heterocycles. The van der Waals surface area contributed by atoms with Crippen LogP contribution in [0.3, 0.4) is 0 Å². The number of carbonyl (C=O) groups is 1. The molecule has 0 fully saturated rings. The molecule has 0 aromatic heterocycles. The van der Waals surface area contributed by atoms with Crippen LogP contribution in [-0.2, 0) is 6.42 Å². The van der Waals surface area contributed by atoms with Crippen molar-refractivity contribution in [2.24, 2.45) is 0 Å². The standard InChI is InChI=1S/C17H14N2O3/c18-10-13-1-4-14(5-2-13)17(20)19-8-7-12-3-6-15-16(9-12)22-11-21-15/h1-6,9H,7-8,11H2,(H,19,20). The third-order valence-electron chi connectivity index (χ3n) is 3.41.